The first-order valence-corrected chi connectivity index (χ1v) is 7.21. The lowest BCUT2D eigenvalue weighted by atomic mass is 10.1. The molecule has 0 atom stereocenters. The minimum Gasteiger partial charge on any atom is -0.462 e. The summed E-state index contributed by atoms with van der Waals surface area (Å²) in [7, 11) is 0. The zero-order valence-electron chi connectivity index (χ0n) is 12.3. The van der Waals surface area contributed by atoms with Gasteiger partial charge in [-0.1, -0.05) is 19.4 Å². The first-order valence-electron chi connectivity index (χ1n) is 7.21. The predicted molar refractivity (Wildman–Crippen MR) is 79.1 cm³/mol. The maximum absolute atomic E-state index is 11.9. The molecule has 0 aliphatic heterocycles. The Bertz CT molecular complexity index is 524. The monoisotopic (exact) mass is 288 g/mol. The quantitative estimate of drug-likeness (QED) is 0.472. The largest absolute Gasteiger partial charge is 0.462 e. The van der Waals surface area contributed by atoms with Crippen LogP contribution in [0.3, 0.4) is 0 Å². The number of esters is 2. The van der Waals surface area contributed by atoms with Gasteiger partial charge in [-0.25, -0.2) is 9.59 Å². The van der Waals surface area contributed by atoms with Crippen molar-refractivity contribution in [3.8, 4) is 5.75 Å². The van der Waals surface area contributed by atoms with E-state index in [4.69, 9.17) is 9.47 Å². The summed E-state index contributed by atoms with van der Waals surface area (Å²) < 4.78 is 10.4. The third-order valence-electron chi connectivity index (χ3n) is 3.57. The number of benzene rings is 1. The Morgan fingerprint density at radius 1 is 1.19 bits per heavy atom. The van der Waals surface area contributed by atoms with Crippen LogP contribution >= 0.6 is 0 Å². The molecule has 4 nitrogen and oxygen atoms in total. The number of ether oxygens (including phenoxy) is 2. The molecule has 0 aromatic heterocycles. The SMILES string of the molecule is C=C(C)C(=O)Oc1ccc(C(=O)OCC2CCCC2)cc1. The minimum absolute atomic E-state index is 0.329. The molecule has 0 unspecified atom stereocenters. The van der Waals surface area contributed by atoms with Gasteiger partial charge in [0.15, 0.2) is 0 Å². The number of hydrogen-bond acceptors (Lipinski definition) is 4. The van der Waals surface area contributed by atoms with Crippen molar-refractivity contribution in [2.75, 3.05) is 6.61 Å². The van der Waals surface area contributed by atoms with Crippen LogP contribution < -0.4 is 4.74 Å². The van der Waals surface area contributed by atoms with Crippen LogP contribution in [-0.4, -0.2) is 18.5 Å². The Balaban J connectivity index is 1.87. The lowest BCUT2D eigenvalue weighted by molar-refractivity contribution is -0.130. The molecule has 1 saturated carbocycles. The average Bonchev–Trinajstić information content (AvgIpc) is 2.98. The molecule has 21 heavy (non-hydrogen) atoms. The predicted octanol–water partition coefficient (Wildman–Crippen LogP) is 3.52. The molecule has 1 aliphatic rings. The van der Waals surface area contributed by atoms with Crippen LogP contribution in [0, 0.1) is 5.92 Å². The molecular weight excluding hydrogens is 268 g/mol. The van der Waals surface area contributed by atoms with E-state index in [2.05, 4.69) is 6.58 Å². The van der Waals surface area contributed by atoms with E-state index >= 15 is 0 Å². The molecule has 0 heterocycles. The molecule has 4 heteroatoms. The van der Waals surface area contributed by atoms with Gasteiger partial charge < -0.3 is 9.47 Å². The molecule has 1 aromatic rings. The van der Waals surface area contributed by atoms with Gasteiger partial charge in [0.2, 0.25) is 0 Å². The van der Waals surface area contributed by atoms with Crippen LogP contribution in [0.25, 0.3) is 0 Å². The molecule has 0 saturated heterocycles. The molecule has 1 aliphatic carbocycles. The second-order valence-electron chi connectivity index (χ2n) is 5.44. The van der Waals surface area contributed by atoms with E-state index in [9.17, 15) is 9.59 Å². The summed E-state index contributed by atoms with van der Waals surface area (Å²) in [5.41, 5.74) is 0.790. The summed E-state index contributed by atoms with van der Waals surface area (Å²) in [6.45, 7) is 5.58. The van der Waals surface area contributed by atoms with Crippen molar-refractivity contribution in [1.82, 2.24) is 0 Å². The van der Waals surface area contributed by atoms with E-state index in [1.54, 1.807) is 31.2 Å². The van der Waals surface area contributed by atoms with Crippen LogP contribution in [0.15, 0.2) is 36.4 Å². The lowest BCUT2D eigenvalue weighted by Crippen LogP contribution is -2.12. The Morgan fingerprint density at radius 3 is 2.38 bits per heavy atom. The molecule has 0 amide bonds. The van der Waals surface area contributed by atoms with E-state index in [0.717, 1.165) is 12.8 Å². The summed E-state index contributed by atoms with van der Waals surface area (Å²) in [6, 6.07) is 6.34. The highest BCUT2D eigenvalue weighted by Crippen LogP contribution is 2.25. The molecule has 2 rings (SSSR count). The number of rotatable bonds is 5. The standard InChI is InChI=1S/C17H20O4/c1-12(2)16(18)21-15-9-7-14(8-10-15)17(19)20-11-13-5-3-4-6-13/h7-10,13H,1,3-6,11H2,2H3. The van der Waals surface area contributed by atoms with Gasteiger partial charge in [-0.2, -0.15) is 0 Å². The third-order valence-corrected chi connectivity index (χ3v) is 3.57. The second kappa shape index (κ2) is 7.07. The van der Waals surface area contributed by atoms with Crippen LogP contribution in [-0.2, 0) is 9.53 Å². The molecule has 0 radical (unpaired) electrons. The van der Waals surface area contributed by atoms with Gasteiger partial charge in [0.1, 0.15) is 5.75 Å². The Labute approximate surface area is 124 Å². The maximum atomic E-state index is 11.9. The average molecular weight is 288 g/mol. The van der Waals surface area contributed by atoms with Crippen molar-refractivity contribution in [3.05, 3.63) is 42.0 Å². The van der Waals surface area contributed by atoms with Gasteiger partial charge in [-0.3, -0.25) is 0 Å². The lowest BCUT2D eigenvalue weighted by Gasteiger charge is -2.10. The summed E-state index contributed by atoms with van der Waals surface area (Å²) in [5.74, 6) is 0.0753. The summed E-state index contributed by atoms with van der Waals surface area (Å²) in [4.78, 5) is 23.3. The fourth-order valence-electron chi connectivity index (χ4n) is 2.31. The fourth-order valence-corrected chi connectivity index (χ4v) is 2.31. The van der Waals surface area contributed by atoms with Crippen LogP contribution in [0.5, 0.6) is 5.75 Å². The van der Waals surface area contributed by atoms with Gasteiger partial charge in [0.25, 0.3) is 0 Å². The van der Waals surface area contributed by atoms with Gasteiger partial charge in [-0.05, 0) is 49.9 Å². The smallest absolute Gasteiger partial charge is 0.338 e. The molecule has 0 spiro atoms. The molecular formula is C17H20O4. The highest BCUT2D eigenvalue weighted by Gasteiger charge is 2.17. The summed E-state index contributed by atoms with van der Waals surface area (Å²) >= 11 is 0. The number of hydrogen-bond donors (Lipinski definition) is 0. The van der Waals surface area contributed by atoms with Crippen LogP contribution in [0.2, 0.25) is 0 Å². The highest BCUT2D eigenvalue weighted by atomic mass is 16.5. The maximum Gasteiger partial charge on any atom is 0.338 e. The summed E-state index contributed by atoms with van der Waals surface area (Å²) in [6.07, 6.45) is 4.74. The van der Waals surface area contributed by atoms with Crippen molar-refractivity contribution in [2.24, 2.45) is 5.92 Å². The van der Waals surface area contributed by atoms with E-state index in [0.29, 0.717) is 29.4 Å². The van der Waals surface area contributed by atoms with Crippen molar-refractivity contribution >= 4 is 11.9 Å². The number of carbonyl (C=O) groups excluding carboxylic acids is 2. The molecule has 1 aromatic carbocycles. The Hall–Kier alpha value is -2.10. The zero-order chi connectivity index (χ0) is 15.2. The molecule has 112 valence electrons. The van der Waals surface area contributed by atoms with Crippen molar-refractivity contribution in [3.63, 3.8) is 0 Å². The normalized spacial score (nSPS) is 14.7. The third kappa shape index (κ3) is 4.45. The second-order valence-corrected chi connectivity index (χ2v) is 5.44. The van der Waals surface area contributed by atoms with Crippen molar-refractivity contribution in [1.29, 1.82) is 0 Å². The van der Waals surface area contributed by atoms with E-state index in [-0.39, 0.29) is 5.97 Å². The number of carbonyl (C=O) groups is 2. The topological polar surface area (TPSA) is 52.6 Å². The van der Waals surface area contributed by atoms with E-state index in [1.165, 1.54) is 12.8 Å². The van der Waals surface area contributed by atoms with Gasteiger partial charge >= 0.3 is 11.9 Å². The minimum atomic E-state index is -0.480. The first-order chi connectivity index (χ1) is 10.1. The van der Waals surface area contributed by atoms with Crippen LogP contribution in [0.4, 0.5) is 0 Å². The van der Waals surface area contributed by atoms with Gasteiger partial charge in [-0.15, -0.1) is 0 Å². The highest BCUT2D eigenvalue weighted by molar-refractivity contribution is 5.90. The molecule has 0 bridgehead atoms. The zero-order valence-corrected chi connectivity index (χ0v) is 12.3. The van der Waals surface area contributed by atoms with E-state index < -0.39 is 5.97 Å². The molecule has 0 N–H and O–H groups in total. The Kier molecular flexibility index (Phi) is 5.14. The summed E-state index contributed by atoms with van der Waals surface area (Å²) in [5, 5.41) is 0. The first kappa shape index (κ1) is 15.3. The van der Waals surface area contributed by atoms with Crippen molar-refractivity contribution in [2.45, 2.75) is 32.6 Å². The van der Waals surface area contributed by atoms with Crippen LogP contribution in [0.1, 0.15) is 43.0 Å². The Morgan fingerprint density at radius 2 is 1.81 bits per heavy atom. The molecule has 1 fully saturated rings. The van der Waals surface area contributed by atoms with Crippen molar-refractivity contribution < 1.29 is 19.1 Å². The van der Waals surface area contributed by atoms with E-state index in [1.807, 2.05) is 0 Å². The van der Waals surface area contributed by atoms with Gasteiger partial charge in [0.05, 0.1) is 12.2 Å². The van der Waals surface area contributed by atoms with Gasteiger partial charge in [0, 0.05) is 5.57 Å². The fraction of sp³-hybridized carbons (Fsp3) is 0.412.